The van der Waals surface area contributed by atoms with Crippen LogP contribution in [0.1, 0.15) is 37.1 Å². The van der Waals surface area contributed by atoms with E-state index in [1.165, 1.54) is 13.3 Å². The average molecular weight is 604 g/mol. The molecule has 0 aliphatic rings. The number of hydrogen-bond acceptors (Lipinski definition) is 8. The monoisotopic (exact) mass is 603 g/mol. The number of nitrogens with zero attached hydrogens (tertiary/aromatic N) is 1. The van der Waals surface area contributed by atoms with Gasteiger partial charge in [0.2, 0.25) is 11.8 Å². The van der Waals surface area contributed by atoms with Gasteiger partial charge in [-0.15, -0.1) is 0 Å². The van der Waals surface area contributed by atoms with E-state index in [0.717, 1.165) is 5.56 Å². The highest BCUT2D eigenvalue weighted by Crippen LogP contribution is 2.29. The van der Waals surface area contributed by atoms with Crippen molar-refractivity contribution in [1.29, 1.82) is 0 Å². The third kappa shape index (κ3) is 9.38. The van der Waals surface area contributed by atoms with Gasteiger partial charge < -0.3 is 30.7 Å². The molecule has 0 aliphatic heterocycles. The van der Waals surface area contributed by atoms with Crippen LogP contribution in [0.25, 0.3) is 0 Å². The van der Waals surface area contributed by atoms with Crippen molar-refractivity contribution in [2.24, 2.45) is 5.92 Å². The predicted octanol–water partition coefficient (Wildman–Crippen LogP) is 2.19. The fourth-order valence-electron chi connectivity index (χ4n) is 4.37. The molecule has 2 aromatic carbocycles. The van der Waals surface area contributed by atoms with E-state index in [1.807, 2.05) is 32.0 Å². The first-order valence-electron chi connectivity index (χ1n) is 14.0. The number of rotatable bonds is 14. The summed E-state index contributed by atoms with van der Waals surface area (Å²) in [6, 6.07) is 21.4. The van der Waals surface area contributed by atoms with Crippen LogP contribution in [0.15, 0.2) is 85.1 Å². The molecule has 0 bridgehead atoms. The Morgan fingerprint density at radius 1 is 0.841 bits per heavy atom. The largest absolute Gasteiger partial charge is 0.468 e. The Morgan fingerprint density at radius 3 is 2.11 bits per heavy atom. The zero-order chi connectivity index (χ0) is 32.0. The Kier molecular flexibility index (Phi) is 12.4. The Balaban J connectivity index is 1.77. The first kappa shape index (κ1) is 33.2. The van der Waals surface area contributed by atoms with Gasteiger partial charge in [0.1, 0.15) is 19.2 Å². The lowest BCUT2D eigenvalue weighted by atomic mass is 9.84. The summed E-state index contributed by atoms with van der Waals surface area (Å²) in [5.74, 6) is -2.74. The van der Waals surface area contributed by atoms with Crippen LogP contribution in [0.4, 0.5) is 4.79 Å². The maximum absolute atomic E-state index is 13.8. The zero-order valence-electron chi connectivity index (χ0n) is 24.9. The number of esters is 1. The predicted molar refractivity (Wildman–Crippen MR) is 161 cm³/mol. The molecule has 0 spiro atoms. The molecule has 1 aromatic heterocycles. The second-order valence-corrected chi connectivity index (χ2v) is 10.2. The minimum absolute atomic E-state index is 0.0260. The van der Waals surface area contributed by atoms with Gasteiger partial charge in [-0.3, -0.25) is 24.2 Å². The van der Waals surface area contributed by atoms with E-state index in [4.69, 9.17) is 4.74 Å². The molecule has 1 heterocycles. The molecule has 0 saturated carbocycles. The van der Waals surface area contributed by atoms with E-state index >= 15 is 0 Å². The molecule has 0 radical (unpaired) electrons. The quantitative estimate of drug-likeness (QED) is 0.204. The fraction of sp³-hybridized carbons (Fsp3) is 0.312. The molecule has 4 amide bonds. The molecule has 12 heteroatoms. The Bertz CT molecular complexity index is 1360. The number of nitrogens with one attached hydrogen (secondary N) is 4. The van der Waals surface area contributed by atoms with Crippen molar-refractivity contribution in [2.75, 3.05) is 20.2 Å². The summed E-state index contributed by atoms with van der Waals surface area (Å²) < 4.78 is 9.90. The van der Waals surface area contributed by atoms with Gasteiger partial charge in [0.15, 0.2) is 5.54 Å². The van der Waals surface area contributed by atoms with Crippen LogP contribution in [-0.2, 0) is 40.8 Å². The highest BCUT2D eigenvalue weighted by Gasteiger charge is 2.45. The Hall–Kier alpha value is -5.26. The number of aromatic nitrogens is 1. The summed E-state index contributed by atoms with van der Waals surface area (Å²) in [7, 11) is 1.19. The Morgan fingerprint density at radius 2 is 1.50 bits per heavy atom. The normalized spacial score (nSPS) is 12.6. The standard InChI is InChI=1S/C32H37N5O7/c1-22(2)18-25(36-31(42)44-21-23-12-6-4-7-13-23)29(40)34-19-27(38)37-32(24-14-8-5-9-15-24,26-16-10-11-17-33-26)30(41)35-20-28(39)43-3/h4-17,22,25H,18-21H2,1-3H3,(H,34,40)(H,35,41)(H,36,42)(H,37,38)/t25-,32-/m0/s1. The molecule has 3 rings (SSSR count). The molecule has 232 valence electrons. The van der Waals surface area contributed by atoms with E-state index in [-0.39, 0.29) is 24.6 Å². The van der Waals surface area contributed by atoms with Gasteiger partial charge in [-0.25, -0.2) is 4.79 Å². The van der Waals surface area contributed by atoms with Crippen molar-refractivity contribution in [3.63, 3.8) is 0 Å². The summed E-state index contributed by atoms with van der Waals surface area (Å²) in [5.41, 5.74) is -0.542. The van der Waals surface area contributed by atoms with Crippen LogP contribution < -0.4 is 21.3 Å². The van der Waals surface area contributed by atoms with E-state index < -0.39 is 54.5 Å². The van der Waals surface area contributed by atoms with Crippen molar-refractivity contribution in [3.8, 4) is 0 Å². The van der Waals surface area contributed by atoms with Gasteiger partial charge in [0.25, 0.3) is 5.91 Å². The van der Waals surface area contributed by atoms with Crippen molar-refractivity contribution < 1.29 is 33.4 Å². The summed E-state index contributed by atoms with van der Waals surface area (Å²) in [6.07, 6.45) is 0.971. The van der Waals surface area contributed by atoms with E-state index in [1.54, 1.807) is 60.7 Å². The number of pyridine rings is 1. The highest BCUT2D eigenvalue weighted by atomic mass is 16.5. The highest BCUT2D eigenvalue weighted by molar-refractivity contribution is 5.98. The number of alkyl carbamates (subject to hydrolysis) is 1. The minimum atomic E-state index is -1.87. The molecule has 0 aliphatic carbocycles. The Labute approximate surface area is 255 Å². The number of ether oxygens (including phenoxy) is 2. The lowest BCUT2D eigenvalue weighted by Crippen LogP contribution is -2.60. The van der Waals surface area contributed by atoms with Crippen LogP contribution in [0.5, 0.6) is 0 Å². The van der Waals surface area contributed by atoms with E-state index in [2.05, 4.69) is 31.0 Å². The van der Waals surface area contributed by atoms with Gasteiger partial charge >= 0.3 is 12.1 Å². The smallest absolute Gasteiger partial charge is 0.408 e. The number of methoxy groups -OCH3 is 1. The molecule has 12 nitrogen and oxygen atoms in total. The number of benzene rings is 2. The molecule has 4 N–H and O–H groups in total. The summed E-state index contributed by atoms with van der Waals surface area (Å²) >= 11 is 0. The SMILES string of the molecule is COC(=O)CNC(=O)[C@](NC(=O)CNC(=O)[C@H](CC(C)C)NC(=O)OCc1ccccc1)(c1ccccc1)c1ccccn1. The maximum atomic E-state index is 13.8. The van der Waals surface area contributed by atoms with Gasteiger partial charge in [-0.05, 0) is 35.6 Å². The lowest BCUT2D eigenvalue weighted by molar-refractivity contribution is -0.142. The summed E-state index contributed by atoms with van der Waals surface area (Å²) in [6.45, 7) is 2.82. The molecule has 0 saturated heterocycles. The molecular formula is C32H37N5O7. The van der Waals surface area contributed by atoms with Crippen LogP contribution in [0, 0.1) is 5.92 Å². The molecular weight excluding hydrogens is 566 g/mol. The summed E-state index contributed by atoms with van der Waals surface area (Å²) in [5, 5.41) is 10.4. The van der Waals surface area contributed by atoms with Gasteiger partial charge in [0.05, 0.1) is 19.3 Å². The van der Waals surface area contributed by atoms with Crippen LogP contribution >= 0.6 is 0 Å². The van der Waals surface area contributed by atoms with Crippen molar-refractivity contribution >= 4 is 29.8 Å². The average Bonchev–Trinajstić information content (AvgIpc) is 3.04. The van der Waals surface area contributed by atoms with Crippen molar-refractivity contribution in [3.05, 3.63) is 102 Å². The lowest BCUT2D eigenvalue weighted by Gasteiger charge is -2.33. The molecule has 3 aromatic rings. The van der Waals surface area contributed by atoms with Crippen molar-refractivity contribution in [1.82, 2.24) is 26.3 Å². The topological polar surface area (TPSA) is 165 Å². The number of carbonyl (C=O) groups is 5. The van der Waals surface area contributed by atoms with Gasteiger partial charge in [-0.2, -0.15) is 0 Å². The fourth-order valence-corrected chi connectivity index (χ4v) is 4.37. The maximum Gasteiger partial charge on any atom is 0.408 e. The van der Waals surface area contributed by atoms with E-state index in [9.17, 15) is 24.0 Å². The number of carbonyl (C=O) groups excluding carboxylic acids is 5. The van der Waals surface area contributed by atoms with Gasteiger partial charge in [-0.1, -0.05) is 80.6 Å². The molecule has 0 unspecified atom stereocenters. The minimum Gasteiger partial charge on any atom is -0.468 e. The molecule has 0 fully saturated rings. The number of amides is 4. The van der Waals surface area contributed by atoms with Crippen LogP contribution in [0.3, 0.4) is 0 Å². The molecule has 2 atom stereocenters. The van der Waals surface area contributed by atoms with Gasteiger partial charge in [0, 0.05) is 6.20 Å². The summed E-state index contributed by atoms with van der Waals surface area (Å²) in [4.78, 5) is 68.9. The van der Waals surface area contributed by atoms with E-state index in [0.29, 0.717) is 5.56 Å². The zero-order valence-corrected chi connectivity index (χ0v) is 24.9. The second kappa shape index (κ2) is 16.4. The third-order valence-electron chi connectivity index (χ3n) is 6.50. The first-order valence-corrected chi connectivity index (χ1v) is 14.0. The third-order valence-corrected chi connectivity index (χ3v) is 6.50. The second-order valence-electron chi connectivity index (χ2n) is 10.2. The molecule has 44 heavy (non-hydrogen) atoms. The number of hydrogen-bond donors (Lipinski definition) is 4. The van der Waals surface area contributed by atoms with Crippen LogP contribution in [-0.4, -0.2) is 61.0 Å². The van der Waals surface area contributed by atoms with Crippen molar-refractivity contribution in [2.45, 2.75) is 38.5 Å². The van der Waals surface area contributed by atoms with Crippen LogP contribution in [0.2, 0.25) is 0 Å². The first-order chi connectivity index (χ1) is 21.1.